The van der Waals surface area contributed by atoms with Gasteiger partial charge in [0.15, 0.2) is 11.5 Å². The average molecular weight is 354 g/mol. The van der Waals surface area contributed by atoms with Gasteiger partial charge in [-0.15, -0.1) is 0 Å². The molecule has 23 heavy (non-hydrogen) atoms. The Morgan fingerprint density at radius 3 is 2.39 bits per heavy atom. The van der Waals surface area contributed by atoms with Gasteiger partial charge in [0.25, 0.3) is 0 Å². The Kier molecular flexibility index (Phi) is 5.28. The first kappa shape index (κ1) is 16.8. The minimum atomic E-state index is 0.587. The Morgan fingerprint density at radius 2 is 1.78 bits per heavy atom. The highest BCUT2D eigenvalue weighted by atomic mass is 33.1. The molecule has 0 radical (unpaired) electrons. The van der Waals surface area contributed by atoms with E-state index in [4.69, 9.17) is 19.2 Å². The molecule has 1 saturated heterocycles. The van der Waals surface area contributed by atoms with E-state index in [1.54, 1.807) is 32.3 Å². The van der Waals surface area contributed by atoms with Crippen molar-refractivity contribution in [3.63, 3.8) is 0 Å². The molecule has 0 spiro atoms. The maximum Gasteiger partial charge on any atom is 0.203 e. The predicted octanol–water partition coefficient (Wildman–Crippen LogP) is 3.85. The molecule has 1 saturated carbocycles. The molecular formula is C16H22N2O3S2. The Morgan fingerprint density at radius 1 is 1.09 bits per heavy atom. The van der Waals surface area contributed by atoms with E-state index < -0.39 is 0 Å². The smallest absolute Gasteiger partial charge is 0.203 e. The van der Waals surface area contributed by atoms with Crippen LogP contribution in [0.3, 0.4) is 0 Å². The van der Waals surface area contributed by atoms with Crippen LogP contribution < -0.4 is 18.9 Å². The molecule has 3 rings (SSSR count). The van der Waals surface area contributed by atoms with Crippen LogP contribution in [-0.2, 0) is 0 Å². The van der Waals surface area contributed by atoms with Crippen LogP contribution in [0.1, 0.15) is 19.8 Å². The summed E-state index contributed by atoms with van der Waals surface area (Å²) in [7, 11) is 8.54. The van der Waals surface area contributed by atoms with E-state index >= 15 is 0 Å². The minimum absolute atomic E-state index is 0.587. The van der Waals surface area contributed by atoms with Gasteiger partial charge in [0.05, 0.1) is 27.0 Å². The van der Waals surface area contributed by atoms with Crippen molar-refractivity contribution < 1.29 is 14.2 Å². The number of methoxy groups -OCH3 is 3. The van der Waals surface area contributed by atoms with Crippen LogP contribution >= 0.6 is 21.8 Å². The molecule has 5 nitrogen and oxygen atoms in total. The number of fused-ring (bicyclic) bond motifs is 1. The van der Waals surface area contributed by atoms with Crippen LogP contribution in [0.5, 0.6) is 17.2 Å². The third-order valence-corrected chi connectivity index (χ3v) is 6.79. The van der Waals surface area contributed by atoms with E-state index in [9.17, 15) is 0 Å². The van der Waals surface area contributed by atoms with Crippen LogP contribution in [-0.4, -0.2) is 38.3 Å². The van der Waals surface area contributed by atoms with Crippen molar-refractivity contribution >= 4 is 33.2 Å². The molecule has 0 aromatic heterocycles. The zero-order chi connectivity index (χ0) is 16.4. The van der Waals surface area contributed by atoms with Crippen LogP contribution in [0.25, 0.3) is 0 Å². The quantitative estimate of drug-likeness (QED) is 0.655. The first-order chi connectivity index (χ1) is 11.2. The van der Waals surface area contributed by atoms with Gasteiger partial charge in [0, 0.05) is 35.6 Å². The first-order valence-corrected chi connectivity index (χ1v) is 9.81. The lowest BCUT2D eigenvalue weighted by molar-refractivity contribution is 0.324. The summed E-state index contributed by atoms with van der Waals surface area (Å²) in [5, 5.41) is 0.601. The molecule has 1 aromatic rings. The Labute approximate surface area is 145 Å². The number of aliphatic imine (C=N–C) groups is 1. The zero-order valence-corrected chi connectivity index (χ0v) is 15.4. The molecule has 2 aliphatic rings. The molecule has 2 fully saturated rings. The number of nitrogens with one attached hydrogen (secondary N) is 1. The highest BCUT2D eigenvalue weighted by Crippen LogP contribution is 2.45. The molecule has 1 aromatic carbocycles. The summed E-state index contributed by atoms with van der Waals surface area (Å²) < 4.78 is 19.7. The Bertz CT molecular complexity index is 584. The second-order valence-electron chi connectivity index (χ2n) is 5.81. The van der Waals surface area contributed by atoms with Crippen molar-refractivity contribution in [1.29, 1.82) is 0 Å². The maximum absolute atomic E-state index is 5.41. The highest BCUT2D eigenvalue weighted by Gasteiger charge is 2.38. The summed E-state index contributed by atoms with van der Waals surface area (Å²) in [6, 6.07) is 4.39. The van der Waals surface area contributed by atoms with Gasteiger partial charge in [0.2, 0.25) is 5.75 Å². The molecule has 0 bridgehead atoms. The first-order valence-electron chi connectivity index (χ1n) is 7.60. The van der Waals surface area contributed by atoms with Crippen LogP contribution in [0, 0.1) is 5.92 Å². The second kappa shape index (κ2) is 7.23. The molecule has 3 atom stereocenters. The lowest BCUT2D eigenvalue weighted by Crippen LogP contribution is -2.41. The summed E-state index contributed by atoms with van der Waals surface area (Å²) in [6.45, 7) is 2.29. The number of benzene rings is 1. The minimum Gasteiger partial charge on any atom is -0.493 e. The van der Waals surface area contributed by atoms with Crippen molar-refractivity contribution in [1.82, 2.24) is 4.72 Å². The fourth-order valence-corrected chi connectivity index (χ4v) is 6.07. The van der Waals surface area contributed by atoms with E-state index in [0.717, 1.165) is 18.5 Å². The number of hydrogen-bond donors (Lipinski definition) is 1. The van der Waals surface area contributed by atoms with Gasteiger partial charge in [-0.1, -0.05) is 17.7 Å². The summed E-state index contributed by atoms with van der Waals surface area (Å²) in [5.74, 6) is 2.47. The molecular weight excluding hydrogens is 332 g/mol. The summed E-state index contributed by atoms with van der Waals surface area (Å²) >= 11 is 0. The standard InChI is InChI=1S/C16H22N2O3S2/c1-9-5-10(8-14-15(9)18-23-22-14)17-11-6-12(19-2)16(21-4)13(7-11)20-3/h6-7,9,14-15,18H,5,8H2,1-4H3. The van der Waals surface area contributed by atoms with Crippen LogP contribution in [0.4, 0.5) is 5.69 Å². The summed E-state index contributed by atoms with van der Waals surface area (Å²) in [6.07, 6.45) is 2.04. The second-order valence-corrected chi connectivity index (χ2v) is 8.09. The van der Waals surface area contributed by atoms with Crippen LogP contribution in [0.15, 0.2) is 17.1 Å². The molecule has 1 N–H and O–H groups in total. The number of rotatable bonds is 4. The van der Waals surface area contributed by atoms with E-state index in [2.05, 4.69) is 11.6 Å². The lowest BCUT2D eigenvalue weighted by Gasteiger charge is -2.30. The topological polar surface area (TPSA) is 52.1 Å². The molecule has 1 heterocycles. The van der Waals surface area contributed by atoms with E-state index in [-0.39, 0.29) is 0 Å². The number of ether oxygens (including phenoxy) is 3. The van der Waals surface area contributed by atoms with Gasteiger partial charge in [-0.3, -0.25) is 9.71 Å². The van der Waals surface area contributed by atoms with E-state index in [1.807, 2.05) is 22.9 Å². The van der Waals surface area contributed by atoms with Gasteiger partial charge in [-0.25, -0.2) is 0 Å². The number of hydrogen-bond acceptors (Lipinski definition) is 7. The van der Waals surface area contributed by atoms with Crippen molar-refractivity contribution in [2.24, 2.45) is 10.9 Å². The van der Waals surface area contributed by atoms with E-state index in [1.165, 1.54) is 5.71 Å². The predicted molar refractivity (Wildman–Crippen MR) is 97.5 cm³/mol. The van der Waals surface area contributed by atoms with Gasteiger partial charge >= 0.3 is 0 Å². The molecule has 126 valence electrons. The van der Waals surface area contributed by atoms with Crippen molar-refractivity contribution in [2.45, 2.75) is 31.1 Å². The third kappa shape index (κ3) is 3.41. The van der Waals surface area contributed by atoms with Gasteiger partial charge < -0.3 is 14.2 Å². The van der Waals surface area contributed by atoms with Crippen LogP contribution in [0.2, 0.25) is 0 Å². The largest absolute Gasteiger partial charge is 0.493 e. The summed E-state index contributed by atoms with van der Waals surface area (Å²) in [4.78, 5) is 4.87. The zero-order valence-electron chi connectivity index (χ0n) is 13.8. The third-order valence-electron chi connectivity index (χ3n) is 4.30. The average Bonchev–Trinajstić information content (AvgIpc) is 3.02. The number of nitrogens with zero attached hydrogens (tertiary/aromatic N) is 1. The van der Waals surface area contributed by atoms with E-state index in [0.29, 0.717) is 34.5 Å². The fraction of sp³-hybridized carbons (Fsp3) is 0.562. The molecule has 1 aliphatic heterocycles. The maximum atomic E-state index is 5.41. The summed E-state index contributed by atoms with van der Waals surface area (Å²) in [5.41, 5.74) is 2.09. The lowest BCUT2D eigenvalue weighted by atomic mass is 9.84. The van der Waals surface area contributed by atoms with Crippen molar-refractivity contribution in [2.75, 3.05) is 21.3 Å². The molecule has 1 aliphatic carbocycles. The van der Waals surface area contributed by atoms with Crippen molar-refractivity contribution in [3.05, 3.63) is 12.1 Å². The molecule has 7 heteroatoms. The molecule has 3 unspecified atom stereocenters. The SMILES string of the molecule is COc1cc(N=C2CC(C)C3NSSC3C2)cc(OC)c1OC. The Balaban J connectivity index is 1.89. The highest BCUT2D eigenvalue weighted by molar-refractivity contribution is 8.76. The monoisotopic (exact) mass is 354 g/mol. The van der Waals surface area contributed by atoms with Crippen molar-refractivity contribution in [3.8, 4) is 17.2 Å². The van der Waals surface area contributed by atoms with Gasteiger partial charge in [-0.05, 0) is 23.3 Å². The van der Waals surface area contributed by atoms with Gasteiger partial charge in [0.1, 0.15) is 0 Å². The molecule has 0 amide bonds. The fourth-order valence-electron chi connectivity index (χ4n) is 3.14. The Hall–Kier alpha value is -1.05. The van der Waals surface area contributed by atoms with Gasteiger partial charge in [-0.2, -0.15) is 0 Å². The normalized spacial score (nSPS) is 28.5.